The highest BCUT2D eigenvalue weighted by Gasteiger charge is 2.24. The molecule has 1 aliphatic rings. The smallest absolute Gasteiger partial charge is 0.237 e. The number of benzene rings is 1. The van der Waals surface area contributed by atoms with E-state index in [1.54, 1.807) is 25.3 Å². The van der Waals surface area contributed by atoms with E-state index in [1.165, 1.54) is 7.11 Å². The van der Waals surface area contributed by atoms with E-state index < -0.39 is 6.04 Å². The van der Waals surface area contributed by atoms with Crippen molar-refractivity contribution in [2.75, 3.05) is 32.6 Å². The van der Waals surface area contributed by atoms with E-state index >= 15 is 0 Å². The first-order valence-electron chi connectivity index (χ1n) is 6.67. The average Bonchev–Trinajstić information content (AvgIpc) is 2.49. The first-order valence-corrected chi connectivity index (χ1v) is 6.67. The molecule has 1 fully saturated rings. The van der Waals surface area contributed by atoms with Crippen LogP contribution in [0.2, 0.25) is 0 Å². The van der Waals surface area contributed by atoms with E-state index in [0.717, 1.165) is 0 Å². The molecule has 0 aliphatic carbocycles. The van der Waals surface area contributed by atoms with Gasteiger partial charge in [-0.1, -0.05) is 0 Å². The van der Waals surface area contributed by atoms with Gasteiger partial charge in [-0.15, -0.1) is 0 Å². The van der Waals surface area contributed by atoms with Crippen LogP contribution >= 0.6 is 0 Å². The molecule has 0 spiro atoms. The molecule has 1 heterocycles. The lowest BCUT2D eigenvalue weighted by Gasteiger charge is -2.23. The second-order valence-corrected chi connectivity index (χ2v) is 4.62. The molecular weight excluding hydrogens is 274 g/mol. The fourth-order valence-electron chi connectivity index (χ4n) is 2.11. The van der Waals surface area contributed by atoms with E-state index in [0.29, 0.717) is 30.3 Å². The summed E-state index contributed by atoms with van der Waals surface area (Å²) < 4.78 is 10.3. The van der Waals surface area contributed by atoms with Crippen LogP contribution < -0.4 is 25.4 Å². The van der Waals surface area contributed by atoms with E-state index in [9.17, 15) is 9.59 Å². The van der Waals surface area contributed by atoms with Gasteiger partial charge in [0, 0.05) is 19.2 Å². The van der Waals surface area contributed by atoms with Crippen LogP contribution in [0.3, 0.4) is 0 Å². The second-order valence-electron chi connectivity index (χ2n) is 4.62. The van der Waals surface area contributed by atoms with Gasteiger partial charge in [0.25, 0.3) is 0 Å². The van der Waals surface area contributed by atoms with Crippen LogP contribution in [0.5, 0.6) is 11.5 Å². The SMILES string of the molecule is COc1ccc(OC)c(NC(=O)CC2NCCNC2=O)c1. The van der Waals surface area contributed by atoms with E-state index in [1.807, 2.05) is 0 Å². The highest BCUT2D eigenvalue weighted by Crippen LogP contribution is 2.29. The summed E-state index contributed by atoms with van der Waals surface area (Å²) in [5, 5.41) is 8.46. The first kappa shape index (κ1) is 15.1. The number of nitrogens with one attached hydrogen (secondary N) is 3. The van der Waals surface area contributed by atoms with Crippen molar-refractivity contribution >= 4 is 17.5 Å². The molecule has 3 N–H and O–H groups in total. The minimum Gasteiger partial charge on any atom is -0.497 e. The normalized spacial score (nSPS) is 17.8. The first-order chi connectivity index (χ1) is 10.1. The van der Waals surface area contributed by atoms with E-state index in [4.69, 9.17) is 9.47 Å². The van der Waals surface area contributed by atoms with Crippen molar-refractivity contribution in [3.05, 3.63) is 18.2 Å². The van der Waals surface area contributed by atoms with Gasteiger partial charge in [-0.05, 0) is 12.1 Å². The van der Waals surface area contributed by atoms with Crippen LogP contribution in [0.1, 0.15) is 6.42 Å². The number of hydrogen-bond acceptors (Lipinski definition) is 5. The number of amides is 2. The Balaban J connectivity index is 2.03. The predicted molar refractivity (Wildman–Crippen MR) is 77.6 cm³/mol. The van der Waals surface area contributed by atoms with E-state index in [-0.39, 0.29) is 18.2 Å². The zero-order chi connectivity index (χ0) is 15.2. The summed E-state index contributed by atoms with van der Waals surface area (Å²) in [6.45, 7) is 1.24. The fourth-order valence-corrected chi connectivity index (χ4v) is 2.11. The Morgan fingerprint density at radius 2 is 2.14 bits per heavy atom. The van der Waals surface area contributed by atoms with Gasteiger partial charge in [0.15, 0.2) is 0 Å². The lowest BCUT2D eigenvalue weighted by Crippen LogP contribution is -2.53. The molecule has 7 heteroatoms. The number of ether oxygens (including phenoxy) is 2. The van der Waals surface area contributed by atoms with Crippen molar-refractivity contribution in [3.63, 3.8) is 0 Å². The largest absolute Gasteiger partial charge is 0.497 e. The zero-order valence-electron chi connectivity index (χ0n) is 12.1. The maximum absolute atomic E-state index is 12.1. The summed E-state index contributed by atoms with van der Waals surface area (Å²) >= 11 is 0. The Hall–Kier alpha value is -2.28. The standard InChI is InChI=1S/C14H19N3O4/c1-20-9-3-4-12(21-2)10(7-9)17-13(18)8-11-14(19)16-6-5-15-11/h3-4,7,11,15H,5-6,8H2,1-2H3,(H,16,19)(H,17,18). The Kier molecular flexibility index (Phi) is 4.99. The Morgan fingerprint density at radius 3 is 2.81 bits per heavy atom. The van der Waals surface area contributed by atoms with Gasteiger partial charge in [0.1, 0.15) is 11.5 Å². The van der Waals surface area contributed by atoms with Crippen LogP contribution in [0.25, 0.3) is 0 Å². The fraction of sp³-hybridized carbons (Fsp3) is 0.429. The van der Waals surface area contributed by atoms with Crippen molar-refractivity contribution < 1.29 is 19.1 Å². The van der Waals surface area contributed by atoms with Gasteiger partial charge in [0.2, 0.25) is 11.8 Å². The van der Waals surface area contributed by atoms with Crippen LogP contribution in [-0.4, -0.2) is 45.2 Å². The third kappa shape index (κ3) is 3.85. The van der Waals surface area contributed by atoms with Crippen molar-refractivity contribution in [1.82, 2.24) is 10.6 Å². The Bertz CT molecular complexity index is 533. The molecule has 2 rings (SSSR count). The molecule has 1 saturated heterocycles. The van der Waals surface area contributed by atoms with Crippen molar-refractivity contribution in [3.8, 4) is 11.5 Å². The molecule has 1 unspecified atom stereocenters. The number of carbonyl (C=O) groups excluding carboxylic acids is 2. The van der Waals surface area contributed by atoms with Crippen LogP contribution in [0, 0.1) is 0 Å². The predicted octanol–water partition coefficient (Wildman–Crippen LogP) is 0.120. The quantitative estimate of drug-likeness (QED) is 0.717. The molecule has 0 bridgehead atoms. The lowest BCUT2D eigenvalue weighted by molar-refractivity contribution is -0.127. The summed E-state index contributed by atoms with van der Waals surface area (Å²) in [6, 6.07) is 4.62. The van der Waals surface area contributed by atoms with Gasteiger partial charge >= 0.3 is 0 Å². The maximum atomic E-state index is 12.1. The van der Waals surface area contributed by atoms with Crippen molar-refractivity contribution in [2.24, 2.45) is 0 Å². The molecular formula is C14H19N3O4. The number of hydrogen-bond donors (Lipinski definition) is 3. The van der Waals surface area contributed by atoms with Crippen LogP contribution in [0.15, 0.2) is 18.2 Å². The molecule has 0 saturated carbocycles. The topological polar surface area (TPSA) is 88.7 Å². The second kappa shape index (κ2) is 6.94. The van der Waals surface area contributed by atoms with Crippen molar-refractivity contribution in [2.45, 2.75) is 12.5 Å². The molecule has 1 aromatic rings. The number of methoxy groups -OCH3 is 2. The van der Waals surface area contributed by atoms with Gasteiger partial charge in [-0.3, -0.25) is 9.59 Å². The van der Waals surface area contributed by atoms with Crippen LogP contribution in [0.4, 0.5) is 5.69 Å². The summed E-state index contributed by atoms with van der Waals surface area (Å²) in [7, 11) is 3.07. The molecule has 1 atom stereocenters. The molecule has 114 valence electrons. The summed E-state index contributed by atoms with van der Waals surface area (Å²) in [6.07, 6.45) is 0.0617. The lowest BCUT2D eigenvalue weighted by atomic mass is 10.1. The molecule has 0 aromatic heterocycles. The number of piperazine rings is 1. The minimum absolute atomic E-state index is 0.0617. The molecule has 2 amide bonds. The van der Waals surface area contributed by atoms with Gasteiger partial charge < -0.3 is 25.4 Å². The van der Waals surface area contributed by atoms with E-state index in [2.05, 4.69) is 16.0 Å². The molecule has 1 aromatic carbocycles. The molecule has 7 nitrogen and oxygen atoms in total. The number of carbonyl (C=O) groups is 2. The minimum atomic E-state index is -0.504. The van der Waals surface area contributed by atoms with Gasteiger partial charge in [-0.25, -0.2) is 0 Å². The summed E-state index contributed by atoms with van der Waals surface area (Å²) in [5.41, 5.74) is 0.512. The maximum Gasteiger partial charge on any atom is 0.237 e. The highest BCUT2D eigenvalue weighted by atomic mass is 16.5. The van der Waals surface area contributed by atoms with Gasteiger partial charge in [-0.2, -0.15) is 0 Å². The molecule has 0 radical (unpaired) electrons. The summed E-state index contributed by atoms with van der Waals surface area (Å²) in [5.74, 6) is 0.718. The third-order valence-electron chi connectivity index (χ3n) is 3.20. The Morgan fingerprint density at radius 1 is 1.33 bits per heavy atom. The number of rotatable bonds is 5. The average molecular weight is 293 g/mol. The summed E-state index contributed by atoms with van der Waals surface area (Å²) in [4.78, 5) is 23.7. The van der Waals surface area contributed by atoms with Crippen molar-refractivity contribution in [1.29, 1.82) is 0 Å². The number of anilines is 1. The van der Waals surface area contributed by atoms with Gasteiger partial charge in [0.05, 0.1) is 32.4 Å². The zero-order valence-corrected chi connectivity index (χ0v) is 12.1. The van der Waals surface area contributed by atoms with Crippen LogP contribution in [-0.2, 0) is 9.59 Å². The Labute approximate surface area is 123 Å². The highest BCUT2D eigenvalue weighted by molar-refractivity contribution is 5.96. The monoisotopic (exact) mass is 293 g/mol. The molecule has 1 aliphatic heterocycles. The molecule has 21 heavy (non-hydrogen) atoms. The third-order valence-corrected chi connectivity index (χ3v) is 3.20.